The number of nitrogens with zero attached hydrogens (tertiary/aromatic N) is 3. The summed E-state index contributed by atoms with van der Waals surface area (Å²) in [5, 5.41) is 4.62. The van der Waals surface area contributed by atoms with E-state index in [9.17, 15) is 0 Å². The molecule has 1 aliphatic rings. The Balaban J connectivity index is 2.01. The lowest BCUT2D eigenvalue weighted by molar-refractivity contribution is 0.174. The van der Waals surface area contributed by atoms with Gasteiger partial charge in [0.1, 0.15) is 0 Å². The summed E-state index contributed by atoms with van der Waals surface area (Å²) in [4.78, 5) is 2.53. The first kappa shape index (κ1) is 13.9. The molecule has 0 bridgehead atoms. The normalized spacial score (nSPS) is 21.4. The van der Waals surface area contributed by atoms with Gasteiger partial charge in [0.2, 0.25) is 0 Å². The van der Waals surface area contributed by atoms with Gasteiger partial charge in [-0.2, -0.15) is 5.10 Å². The van der Waals surface area contributed by atoms with Crippen LogP contribution >= 0.6 is 11.6 Å². The molecule has 1 unspecified atom stereocenters. The molecule has 4 heteroatoms. The lowest BCUT2D eigenvalue weighted by atomic mass is 10.00. The number of alkyl halides is 1. The van der Waals surface area contributed by atoms with Crippen molar-refractivity contribution in [3.8, 4) is 0 Å². The molecule has 0 aromatic carbocycles. The van der Waals surface area contributed by atoms with Gasteiger partial charge in [0.25, 0.3) is 0 Å². The summed E-state index contributed by atoms with van der Waals surface area (Å²) in [6.07, 6.45) is 3.58. The van der Waals surface area contributed by atoms with Crippen molar-refractivity contribution in [1.82, 2.24) is 14.7 Å². The van der Waals surface area contributed by atoms with E-state index in [0.29, 0.717) is 5.92 Å². The Morgan fingerprint density at radius 1 is 1.44 bits per heavy atom. The molecule has 1 atom stereocenters. The van der Waals surface area contributed by atoms with Gasteiger partial charge in [-0.05, 0) is 44.7 Å². The van der Waals surface area contributed by atoms with Gasteiger partial charge in [-0.25, -0.2) is 0 Å². The molecule has 0 saturated carbocycles. The van der Waals surface area contributed by atoms with Crippen molar-refractivity contribution in [2.75, 3.05) is 19.0 Å². The van der Waals surface area contributed by atoms with Crippen LogP contribution in [0.4, 0.5) is 0 Å². The summed E-state index contributed by atoms with van der Waals surface area (Å²) in [5.41, 5.74) is 2.56. The van der Waals surface area contributed by atoms with Crippen LogP contribution in [0.5, 0.6) is 0 Å². The monoisotopic (exact) mass is 269 g/mol. The van der Waals surface area contributed by atoms with E-state index >= 15 is 0 Å². The molecule has 0 radical (unpaired) electrons. The van der Waals surface area contributed by atoms with Crippen LogP contribution in [-0.4, -0.2) is 33.6 Å². The molecule has 0 amide bonds. The predicted octanol–water partition coefficient (Wildman–Crippen LogP) is 2.92. The summed E-state index contributed by atoms with van der Waals surface area (Å²) >= 11 is 5.99. The second-order valence-corrected chi connectivity index (χ2v) is 5.50. The van der Waals surface area contributed by atoms with Crippen LogP contribution in [0, 0.1) is 5.92 Å². The summed E-state index contributed by atoms with van der Waals surface area (Å²) in [6, 6.07) is 2.26. The highest BCUT2D eigenvalue weighted by Crippen LogP contribution is 2.20. The second-order valence-electron chi connectivity index (χ2n) is 5.19. The van der Waals surface area contributed by atoms with E-state index < -0.39 is 0 Å². The van der Waals surface area contributed by atoms with E-state index in [4.69, 9.17) is 11.6 Å². The van der Waals surface area contributed by atoms with Crippen molar-refractivity contribution >= 4 is 11.6 Å². The predicted molar refractivity (Wildman–Crippen MR) is 76.0 cm³/mol. The maximum absolute atomic E-state index is 5.99. The van der Waals surface area contributed by atoms with Gasteiger partial charge in [0.15, 0.2) is 0 Å². The van der Waals surface area contributed by atoms with Gasteiger partial charge >= 0.3 is 0 Å². The minimum Gasteiger partial charge on any atom is -0.297 e. The third kappa shape index (κ3) is 3.27. The average molecular weight is 270 g/mol. The van der Waals surface area contributed by atoms with Gasteiger partial charge in [-0.3, -0.25) is 9.58 Å². The van der Waals surface area contributed by atoms with Gasteiger partial charge in [0, 0.05) is 25.5 Å². The molecule has 3 nitrogen and oxygen atoms in total. The third-order valence-electron chi connectivity index (χ3n) is 3.78. The van der Waals surface area contributed by atoms with Crippen LogP contribution in [0.25, 0.3) is 0 Å². The number of piperidine rings is 1. The minimum atomic E-state index is 0.670. The smallest absolute Gasteiger partial charge is 0.0625 e. The average Bonchev–Trinajstić information content (AvgIpc) is 2.81. The first-order chi connectivity index (χ1) is 8.76. The molecule has 2 heterocycles. The molecule has 18 heavy (non-hydrogen) atoms. The Morgan fingerprint density at radius 3 is 2.94 bits per heavy atom. The molecular weight excluding hydrogens is 246 g/mol. The zero-order valence-electron chi connectivity index (χ0n) is 11.5. The van der Waals surface area contributed by atoms with Crippen LogP contribution < -0.4 is 0 Å². The highest BCUT2D eigenvalue weighted by Gasteiger charge is 2.20. The van der Waals surface area contributed by atoms with E-state index in [0.717, 1.165) is 31.9 Å². The highest BCUT2D eigenvalue weighted by atomic mass is 35.5. The van der Waals surface area contributed by atoms with Crippen molar-refractivity contribution < 1.29 is 0 Å². The molecule has 1 aromatic rings. The Morgan fingerprint density at radius 2 is 2.28 bits per heavy atom. The maximum Gasteiger partial charge on any atom is 0.0625 e. The van der Waals surface area contributed by atoms with Crippen LogP contribution in [0.3, 0.4) is 0 Å². The molecule has 1 fully saturated rings. The Kier molecular flexibility index (Phi) is 5.07. The minimum absolute atomic E-state index is 0.670. The number of aromatic nitrogens is 2. The number of rotatable bonds is 5. The second kappa shape index (κ2) is 6.58. The van der Waals surface area contributed by atoms with Crippen molar-refractivity contribution in [2.45, 2.75) is 46.2 Å². The first-order valence-electron chi connectivity index (χ1n) is 7.10. The molecule has 2 rings (SSSR count). The number of halogens is 1. The van der Waals surface area contributed by atoms with E-state index in [-0.39, 0.29) is 0 Å². The fourth-order valence-corrected chi connectivity index (χ4v) is 2.99. The first-order valence-corrected chi connectivity index (χ1v) is 7.64. The van der Waals surface area contributed by atoms with Crippen molar-refractivity contribution in [1.29, 1.82) is 0 Å². The fourth-order valence-electron chi connectivity index (χ4n) is 2.74. The van der Waals surface area contributed by atoms with Crippen LogP contribution in [0.2, 0.25) is 0 Å². The summed E-state index contributed by atoms with van der Waals surface area (Å²) in [7, 11) is 0. The van der Waals surface area contributed by atoms with E-state index in [1.54, 1.807) is 0 Å². The number of aryl methyl sites for hydroxylation is 2. The van der Waals surface area contributed by atoms with Crippen molar-refractivity contribution in [3.63, 3.8) is 0 Å². The van der Waals surface area contributed by atoms with Crippen molar-refractivity contribution in [3.05, 3.63) is 17.5 Å². The Hall–Kier alpha value is -0.540. The molecule has 102 valence electrons. The summed E-state index contributed by atoms with van der Waals surface area (Å²) < 4.78 is 2.14. The SMILES string of the molecule is CCc1cc(CN2CCCC(CCl)C2)n(CC)n1. The molecule has 1 aromatic heterocycles. The molecule has 0 N–H and O–H groups in total. The maximum atomic E-state index is 5.99. The van der Waals surface area contributed by atoms with Gasteiger partial charge in [-0.15, -0.1) is 11.6 Å². The molecule has 1 aliphatic heterocycles. The molecule has 1 saturated heterocycles. The number of hydrogen-bond donors (Lipinski definition) is 0. The lowest BCUT2D eigenvalue weighted by Crippen LogP contribution is -2.36. The lowest BCUT2D eigenvalue weighted by Gasteiger charge is -2.31. The standard InChI is InChI=1S/C14H24ClN3/c1-3-13-8-14(18(4-2)16-13)11-17-7-5-6-12(9-15)10-17/h8,12H,3-7,9-11H2,1-2H3. The number of hydrogen-bond acceptors (Lipinski definition) is 2. The zero-order chi connectivity index (χ0) is 13.0. The van der Waals surface area contributed by atoms with E-state index in [2.05, 4.69) is 34.6 Å². The Bertz CT molecular complexity index is 375. The van der Waals surface area contributed by atoms with Crippen LogP contribution in [-0.2, 0) is 19.5 Å². The largest absolute Gasteiger partial charge is 0.297 e. The van der Waals surface area contributed by atoms with Crippen LogP contribution in [0.1, 0.15) is 38.1 Å². The summed E-state index contributed by atoms with van der Waals surface area (Å²) in [6.45, 7) is 8.64. The fraction of sp³-hybridized carbons (Fsp3) is 0.786. The Labute approximate surface area is 115 Å². The molecule has 0 aliphatic carbocycles. The number of likely N-dealkylation sites (tertiary alicyclic amines) is 1. The van der Waals surface area contributed by atoms with Gasteiger partial charge in [-0.1, -0.05) is 6.92 Å². The quantitative estimate of drug-likeness (QED) is 0.767. The van der Waals surface area contributed by atoms with Gasteiger partial charge in [0.05, 0.1) is 11.4 Å². The topological polar surface area (TPSA) is 21.1 Å². The molecule has 0 spiro atoms. The summed E-state index contributed by atoms with van der Waals surface area (Å²) in [5.74, 6) is 1.47. The van der Waals surface area contributed by atoms with Crippen molar-refractivity contribution in [2.24, 2.45) is 5.92 Å². The van der Waals surface area contributed by atoms with E-state index in [1.807, 2.05) is 0 Å². The molecular formula is C14H24ClN3. The van der Waals surface area contributed by atoms with Gasteiger partial charge < -0.3 is 0 Å². The van der Waals surface area contributed by atoms with Crippen LogP contribution in [0.15, 0.2) is 6.07 Å². The zero-order valence-corrected chi connectivity index (χ0v) is 12.3. The third-order valence-corrected chi connectivity index (χ3v) is 4.22. The van der Waals surface area contributed by atoms with E-state index in [1.165, 1.54) is 30.8 Å². The highest BCUT2D eigenvalue weighted by molar-refractivity contribution is 6.18.